The summed E-state index contributed by atoms with van der Waals surface area (Å²) in [5, 5.41) is 2.65. The Balaban J connectivity index is 1.95. The van der Waals surface area contributed by atoms with Crippen molar-refractivity contribution in [2.75, 3.05) is 4.72 Å². The Morgan fingerprint density at radius 1 is 1.00 bits per heavy atom. The topological polar surface area (TPSA) is 84.5 Å². The fraction of sp³-hybridized carbons (Fsp3) is 0.278. The van der Waals surface area contributed by atoms with Crippen molar-refractivity contribution in [3.05, 3.63) is 60.2 Å². The highest BCUT2D eigenvalue weighted by Gasteiger charge is 2.16. The Hall–Kier alpha value is -2.54. The number of alkyl carbamates (subject to hydrolysis) is 1. The molecule has 0 heterocycles. The van der Waals surface area contributed by atoms with Gasteiger partial charge < -0.3 is 10.1 Å². The van der Waals surface area contributed by atoms with Crippen LogP contribution in [0.1, 0.15) is 26.3 Å². The van der Waals surface area contributed by atoms with Crippen molar-refractivity contribution in [1.82, 2.24) is 5.32 Å². The van der Waals surface area contributed by atoms with Crippen LogP contribution in [0.3, 0.4) is 0 Å². The van der Waals surface area contributed by atoms with E-state index in [4.69, 9.17) is 4.74 Å². The first-order valence-electron chi connectivity index (χ1n) is 7.79. The number of carbonyl (C=O) groups is 1. The zero-order valence-electron chi connectivity index (χ0n) is 14.4. The monoisotopic (exact) mass is 362 g/mol. The molecule has 0 aromatic heterocycles. The number of ether oxygens (including phenoxy) is 1. The van der Waals surface area contributed by atoms with E-state index >= 15 is 0 Å². The molecule has 0 spiro atoms. The van der Waals surface area contributed by atoms with Crippen LogP contribution in [0.4, 0.5) is 10.5 Å². The van der Waals surface area contributed by atoms with E-state index in [-0.39, 0.29) is 4.90 Å². The lowest BCUT2D eigenvalue weighted by molar-refractivity contribution is 0.0523. The van der Waals surface area contributed by atoms with Gasteiger partial charge in [0.1, 0.15) is 5.60 Å². The highest BCUT2D eigenvalue weighted by Crippen LogP contribution is 2.16. The van der Waals surface area contributed by atoms with E-state index in [0.717, 1.165) is 5.56 Å². The minimum absolute atomic E-state index is 0.200. The Labute approximate surface area is 148 Å². The van der Waals surface area contributed by atoms with Crippen molar-refractivity contribution in [3.63, 3.8) is 0 Å². The van der Waals surface area contributed by atoms with Crippen LogP contribution in [0.5, 0.6) is 0 Å². The Morgan fingerprint density at radius 2 is 1.60 bits per heavy atom. The fourth-order valence-electron chi connectivity index (χ4n) is 1.99. The summed E-state index contributed by atoms with van der Waals surface area (Å²) in [6, 6.07) is 14.9. The summed E-state index contributed by atoms with van der Waals surface area (Å²) >= 11 is 0. The van der Waals surface area contributed by atoms with E-state index in [1.807, 2.05) is 0 Å². The zero-order valence-corrected chi connectivity index (χ0v) is 15.3. The third-order valence-electron chi connectivity index (χ3n) is 3.10. The molecule has 2 aromatic carbocycles. The highest BCUT2D eigenvalue weighted by molar-refractivity contribution is 7.92. The lowest BCUT2D eigenvalue weighted by Crippen LogP contribution is -2.32. The smallest absolute Gasteiger partial charge is 0.407 e. The summed E-state index contributed by atoms with van der Waals surface area (Å²) in [5.41, 5.74) is 0.724. The van der Waals surface area contributed by atoms with Gasteiger partial charge in [-0.15, -0.1) is 0 Å². The van der Waals surface area contributed by atoms with Crippen LogP contribution < -0.4 is 10.0 Å². The number of hydrogen-bond acceptors (Lipinski definition) is 4. The van der Waals surface area contributed by atoms with Crippen LogP contribution >= 0.6 is 0 Å². The number of anilines is 1. The number of hydrogen-bond donors (Lipinski definition) is 2. The van der Waals surface area contributed by atoms with Crippen molar-refractivity contribution in [2.45, 2.75) is 37.8 Å². The largest absolute Gasteiger partial charge is 0.444 e. The fourth-order valence-corrected chi connectivity index (χ4v) is 3.07. The Morgan fingerprint density at radius 3 is 2.16 bits per heavy atom. The van der Waals surface area contributed by atoms with Gasteiger partial charge in [0.2, 0.25) is 0 Å². The summed E-state index contributed by atoms with van der Waals surface area (Å²) in [6.45, 7) is 5.67. The number of benzene rings is 2. The molecule has 2 aromatic rings. The maximum Gasteiger partial charge on any atom is 0.407 e. The van der Waals surface area contributed by atoms with Gasteiger partial charge in [-0.1, -0.05) is 30.3 Å². The molecule has 0 fully saturated rings. The van der Waals surface area contributed by atoms with Gasteiger partial charge in [-0.05, 0) is 50.6 Å². The molecule has 0 atom stereocenters. The quantitative estimate of drug-likeness (QED) is 0.852. The van der Waals surface area contributed by atoms with Gasteiger partial charge in [0, 0.05) is 12.2 Å². The molecule has 0 saturated carbocycles. The van der Waals surface area contributed by atoms with E-state index in [9.17, 15) is 13.2 Å². The van der Waals surface area contributed by atoms with E-state index in [2.05, 4.69) is 10.0 Å². The molecule has 2 rings (SSSR count). The van der Waals surface area contributed by atoms with Gasteiger partial charge >= 0.3 is 6.09 Å². The first kappa shape index (κ1) is 18.8. The molecule has 2 N–H and O–H groups in total. The Bertz CT molecular complexity index is 810. The average molecular weight is 362 g/mol. The van der Waals surface area contributed by atoms with Crippen molar-refractivity contribution < 1.29 is 17.9 Å². The third-order valence-corrected chi connectivity index (χ3v) is 4.49. The lowest BCUT2D eigenvalue weighted by atomic mass is 10.2. The van der Waals surface area contributed by atoms with Crippen LogP contribution in [-0.4, -0.2) is 20.1 Å². The van der Waals surface area contributed by atoms with E-state index in [0.29, 0.717) is 12.2 Å². The highest BCUT2D eigenvalue weighted by atomic mass is 32.2. The number of carbonyl (C=O) groups excluding carboxylic acids is 1. The summed E-state index contributed by atoms with van der Waals surface area (Å²) in [7, 11) is -3.61. The molecule has 0 unspecified atom stereocenters. The molecule has 1 amide bonds. The van der Waals surface area contributed by atoms with Gasteiger partial charge in [-0.25, -0.2) is 13.2 Å². The first-order valence-corrected chi connectivity index (χ1v) is 9.28. The van der Waals surface area contributed by atoms with Crippen molar-refractivity contribution in [2.24, 2.45) is 0 Å². The Kier molecular flexibility index (Phi) is 5.69. The molecule has 0 aliphatic carbocycles. The molecule has 7 heteroatoms. The summed E-state index contributed by atoms with van der Waals surface area (Å²) in [6.07, 6.45) is -0.499. The maximum absolute atomic E-state index is 12.2. The number of amides is 1. The normalized spacial score (nSPS) is 11.6. The molecule has 0 saturated heterocycles. The standard InChI is InChI=1S/C18H22N2O4S/c1-18(2,3)24-17(21)19-13-14-9-11-15(12-10-14)20-25(22,23)16-7-5-4-6-8-16/h4-12,20H,13H2,1-3H3,(H,19,21). The average Bonchev–Trinajstić information content (AvgIpc) is 2.53. The summed E-state index contributed by atoms with van der Waals surface area (Å²) in [4.78, 5) is 11.8. The first-order chi connectivity index (χ1) is 11.7. The van der Waals surface area contributed by atoms with Crippen LogP contribution in [0.25, 0.3) is 0 Å². The van der Waals surface area contributed by atoms with Gasteiger partial charge in [0.25, 0.3) is 10.0 Å². The molecule has 0 bridgehead atoms. The maximum atomic E-state index is 12.2. The van der Waals surface area contributed by atoms with E-state index in [1.165, 1.54) is 12.1 Å². The van der Waals surface area contributed by atoms with Gasteiger partial charge in [0.15, 0.2) is 0 Å². The minimum atomic E-state index is -3.61. The summed E-state index contributed by atoms with van der Waals surface area (Å²) < 4.78 is 32.2. The molecule has 25 heavy (non-hydrogen) atoms. The van der Waals surface area contributed by atoms with Crippen LogP contribution in [0, 0.1) is 0 Å². The molecule has 0 aliphatic heterocycles. The predicted molar refractivity (Wildman–Crippen MR) is 96.8 cm³/mol. The second kappa shape index (κ2) is 7.57. The van der Waals surface area contributed by atoms with Crippen LogP contribution in [0.15, 0.2) is 59.5 Å². The minimum Gasteiger partial charge on any atom is -0.444 e. The third kappa shape index (κ3) is 6.11. The number of rotatable bonds is 5. The second-order valence-electron chi connectivity index (χ2n) is 6.47. The molecule has 6 nitrogen and oxygen atoms in total. The van der Waals surface area contributed by atoms with E-state index < -0.39 is 21.7 Å². The molecular weight excluding hydrogens is 340 g/mol. The zero-order chi connectivity index (χ0) is 18.5. The lowest BCUT2D eigenvalue weighted by Gasteiger charge is -2.19. The van der Waals surface area contributed by atoms with E-state index in [1.54, 1.807) is 63.2 Å². The van der Waals surface area contributed by atoms with Crippen molar-refractivity contribution >= 4 is 21.8 Å². The van der Waals surface area contributed by atoms with Crippen molar-refractivity contribution in [1.29, 1.82) is 0 Å². The number of nitrogens with one attached hydrogen (secondary N) is 2. The van der Waals surface area contributed by atoms with Gasteiger partial charge in [-0.3, -0.25) is 4.72 Å². The van der Waals surface area contributed by atoms with Gasteiger partial charge in [0.05, 0.1) is 4.90 Å². The molecule has 134 valence electrons. The van der Waals surface area contributed by atoms with Crippen LogP contribution in [0.2, 0.25) is 0 Å². The van der Waals surface area contributed by atoms with Gasteiger partial charge in [-0.2, -0.15) is 0 Å². The molecular formula is C18H22N2O4S. The summed E-state index contributed by atoms with van der Waals surface area (Å²) in [5.74, 6) is 0. The van der Waals surface area contributed by atoms with Crippen LogP contribution in [-0.2, 0) is 21.3 Å². The predicted octanol–water partition coefficient (Wildman–Crippen LogP) is 3.51. The van der Waals surface area contributed by atoms with Crippen molar-refractivity contribution in [3.8, 4) is 0 Å². The number of sulfonamides is 1. The molecule has 0 aliphatic rings. The SMILES string of the molecule is CC(C)(C)OC(=O)NCc1ccc(NS(=O)(=O)c2ccccc2)cc1. The molecule has 0 radical (unpaired) electrons. The second-order valence-corrected chi connectivity index (χ2v) is 8.15.